The van der Waals surface area contributed by atoms with Gasteiger partial charge in [-0.15, -0.1) is 0 Å². The number of rotatable bonds is 11. The second kappa shape index (κ2) is 12.7. The molecule has 0 radical (unpaired) electrons. The fourth-order valence-corrected chi connectivity index (χ4v) is 5.78. The third-order valence-corrected chi connectivity index (χ3v) is 7.69. The van der Waals surface area contributed by atoms with Crippen molar-refractivity contribution in [2.75, 3.05) is 32.9 Å². The van der Waals surface area contributed by atoms with E-state index in [2.05, 4.69) is 9.97 Å². The van der Waals surface area contributed by atoms with Crippen molar-refractivity contribution >= 4 is 36.8 Å². The molecule has 0 aliphatic carbocycles. The number of hydrogen-bond acceptors (Lipinski definition) is 9. The molecule has 3 heterocycles. The molecule has 1 aliphatic rings. The van der Waals surface area contributed by atoms with Crippen LogP contribution in [0.25, 0.3) is 0 Å². The van der Waals surface area contributed by atoms with Crippen LogP contribution < -0.4 is 0 Å². The fraction of sp³-hybridized carbons (Fsp3) is 0.435. The average Bonchev–Trinajstić information content (AvgIpc) is 3.19. The van der Waals surface area contributed by atoms with E-state index in [1.807, 2.05) is 21.9 Å². The second-order valence-corrected chi connectivity index (χ2v) is 10.3. The molecule has 12 heteroatoms. The van der Waals surface area contributed by atoms with Crippen molar-refractivity contribution in [1.82, 2.24) is 19.8 Å². The van der Waals surface area contributed by atoms with Gasteiger partial charge in [0.05, 0.1) is 19.8 Å². The molecule has 0 N–H and O–H groups in total. The fourth-order valence-electron chi connectivity index (χ4n) is 3.73. The molecule has 2 aromatic heterocycles. The normalized spacial score (nSPS) is 13.9. The van der Waals surface area contributed by atoms with Crippen LogP contribution in [-0.4, -0.2) is 58.6 Å². The van der Waals surface area contributed by atoms with Gasteiger partial charge in [-0.25, -0.2) is 14.8 Å². The van der Waals surface area contributed by atoms with Crippen molar-refractivity contribution < 1.29 is 23.1 Å². The quantitative estimate of drug-likeness (QED) is 0.166. The van der Waals surface area contributed by atoms with E-state index in [-0.39, 0.29) is 25.1 Å². The van der Waals surface area contributed by atoms with E-state index in [4.69, 9.17) is 37.0 Å². The van der Waals surface area contributed by atoms with Gasteiger partial charge in [-0.05, 0) is 44.0 Å². The zero-order chi connectivity index (χ0) is 25.4. The Morgan fingerprint density at radius 1 is 0.886 bits per heavy atom. The molecular formula is C23H29Cl2N4O5P. The molecule has 0 aromatic carbocycles. The minimum atomic E-state index is -4.02. The second-order valence-electron chi connectivity index (χ2n) is 7.55. The van der Waals surface area contributed by atoms with Crippen LogP contribution in [0.2, 0.25) is 10.3 Å². The summed E-state index contributed by atoms with van der Waals surface area (Å²) >= 11 is 11.9. The third-order valence-electron chi connectivity index (χ3n) is 5.12. The number of carbonyl (C=O) groups is 1. The summed E-state index contributed by atoms with van der Waals surface area (Å²) < 4.78 is 30.5. The molecule has 0 amide bonds. The highest BCUT2D eigenvalue weighted by Crippen LogP contribution is 2.58. The third kappa shape index (κ3) is 6.96. The van der Waals surface area contributed by atoms with Gasteiger partial charge >= 0.3 is 13.6 Å². The van der Waals surface area contributed by atoms with Crippen molar-refractivity contribution in [3.63, 3.8) is 0 Å². The predicted octanol–water partition coefficient (Wildman–Crippen LogP) is 5.10. The largest absolute Gasteiger partial charge is 0.462 e. The summed E-state index contributed by atoms with van der Waals surface area (Å²) in [7, 11) is -4.02. The minimum absolute atomic E-state index is 0.0929. The van der Waals surface area contributed by atoms with Gasteiger partial charge in [0.25, 0.3) is 0 Å². The van der Waals surface area contributed by atoms with Crippen LogP contribution in [0, 0.1) is 0 Å². The van der Waals surface area contributed by atoms with E-state index in [1.54, 1.807) is 45.3 Å². The first-order valence-electron chi connectivity index (χ1n) is 11.3. The Bertz CT molecular complexity index is 1010. The van der Waals surface area contributed by atoms with Crippen molar-refractivity contribution in [1.29, 1.82) is 0 Å². The number of hydrogen-bond donors (Lipinski definition) is 0. The first-order valence-corrected chi connectivity index (χ1v) is 13.6. The number of ether oxygens (including phenoxy) is 1. The van der Waals surface area contributed by atoms with E-state index >= 15 is 0 Å². The Balaban J connectivity index is 2.13. The van der Waals surface area contributed by atoms with Crippen LogP contribution in [0.4, 0.5) is 0 Å². The molecule has 1 aliphatic heterocycles. The minimum Gasteiger partial charge on any atom is -0.462 e. The maximum atomic E-state index is 14.0. The van der Waals surface area contributed by atoms with Crippen LogP contribution >= 0.6 is 30.8 Å². The zero-order valence-corrected chi connectivity index (χ0v) is 22.4. The lowest BCUT2D eigenvalue weighted by molar-refractivity contribution is -0.138. The van der Waals surface area contributed by atoms with Crippen molar-refractivity contribution in [2.24, 2.45) is 0 Å². The van der Waals surface area contributed by atoms with Gasteiger partial charge in [-0.3, -0.25) is 4.57 Å². The number of carbonyl (C=O) groups excluding carboxylic acids is 1. The Morgan fingerprint density at radius 2 is 1.37 bits per heavy atom. The van der Waals surface area contributed by atoms with Crippen LogP contribution in [0.3, 0.4) is 0 Å². The molecule has 1 saturated heterocycles. The molecule has 0 spiro atoms. The monoisotopic (exact) mass is 542 g/mol. The maximum Gasteiger partial charge on any atom is 0.372 e. The Morgan fingerprint density at radius 3 is 1.74 bits per heavy atom. The summed E-state index contributed by atoms with van der Waals surface area (Å²) in [5.74, 6) is -0.313. The van der Waals surface area contributed by atoms with Crippen LogP contribution in [-0.2, 0) is 36.2 Å². The number of pyridine rings is 2. The molecule has 35 heavy (non-hydrogen) atoms. The molecule has 2 aromatic rings. The van der Waals surface area contributed by atoms with E-state index in [0.717, 1.165) is 11.1 Å². The zero-order valence-electron chi connectivity index (χ0n) is 19.9. The van der Waals surface area contributed by atoms with Gasteiger partial charge in [0.15, 0.2) is 5.31 Å². The van der Waals surface area contributed by atoms with E-state index in [1.165, 1.54) is 0 Å². The van der Waals surface area contributed by atoms with Crippen LogP contribution in [0.5, 0.6) is 0 Å². The SMILES string of the molecule is CCOC(=O)C(=C1N(Cc2ccc(Cl)nc2)CCN1Cc1ccc(Cl)nc1)P(=O)(OCC)OCC. The molecule has 0 bridgehead atoms. The highest BCUT2D eigenvalue weighted by molar-refractivity contribution is 7.60. The average molecular weight is 543 g/mol. The molecule has 0 unspecified atom stereocenters. The molecule has 3 rings (SSSR count). The Labute approximate surface area is 215 Å². The van der Waals surface area contributed by atoms with Crippen molar-refractivity contribution in [3.05, 3.63) is 69.2 Å². The highest BCUT2D eigenvalue weighted by Gasteiger charge is 2.44. The molecule has 0 atom stereocenters. The molecule has 1 fully saturated rings. The summed E-state index contributed by atoms with van der Waals surface area (Å²) in [6.07, 6.45) is 3.33. The molecule has 9 nitrogen and oxygen atoms in total. The standard InChI is InChI=1S/C23H29Cl2N4O5P/c1-4-32-23(30)21(35(31,33-5-2)34-6-3)22-28(15-17-7-9-19(24)26-13-17)11-12-29(22)16-18-8-10-20(25)27-14-18/h7-10,13-14H,4-6,11-12,15-16H2,1-3H3. The molecule has 190 valence electrons. The van der Waals surface area contributed by atoms with Gasteiger partial charge in [-0.2, -0.15) is 0 Å². The maximum absolute atomic E-state index is 14.0. The molecular weight excluding hydrogens is 514 g/mol. The summed E-state index contributed by atoms with van der Waals surface area (Å²) in [5, 5.41) is 0.642. The van der Waals surface area contributed by atoms with Crippen molar-refractivity contribution in [3.8, 4) is 0 Å². The van der Waals surface area contributed by atoms with E-state index < -0.39 is 13.6 Å². The lowest BCUT2D eigenvalue weighted by atomic mass is 10.2. The summed E-state index contributed by atoms with van der Waals surface area (Å²) in [6.45, 7) is 7.28. The predicted molar refractivity (Wildman–Crippen MR) is 134 cm³/mol. The van der Waals surface area contributed by atoms with Crippen LogP contribution in [0.1, 0.15) is 31.9 Å². The number of halogens is 2. The summed E-state index contributed by atoms with van der Waals surface area (Å²) in [6, 6.07) is 7.11. The smallest absolute Gasteiger partial charge is 0.372 e. The van der Waals surface area contributed by atoms with Crippen molar-refractivity contribution in [2.45, 2.75) is 33.9 Å². The van der Waals surface area contributed by atoms with E-state index in [9.17, 15) is 9.36 Å². The highest BCUT2D eigenvalue weighted by atomic mass is 35.5. The molecule has 0 saturated carbocycles. The number of aromatic nitrogens is 2. The number of nitrogens with zero attached hydrogens (tertiary/aromatic N) is 4. The van der Waals surface area contributed by atoms with Gasteiger partial charge < -0.3 is 23.6 Å². The lowest BCUT2D eigenvalue weighted by Crippen LogP contribution is -2.28. The van der Waals surface area contributed by atoms with Gasteiger partial charge in [0.2, 0.25) is 0 Å². The first-order chi connectivity index (χ1) is 16.8. The van der Waals surface area contributed by atoms with Gasteiger partial charge in [-0.1, -0.05) is 35.3 Å². The topological polar surface area (TPSA) is 94.1 Å². The van der Waals surface area contributed by atoms with Crippen LogP contribution in [0.15, 0.2) is 47.8 Å². The summed E-state index contributed by atoms with van der Waals surface area (Å²) in [4.78, 5) is 25.5. The van der Waals surface area contributed by atoms with Gasteiger partial charge in [0, 0.05) is 38.6 Å². The first kappa shape index (κ1) is 27.4. The Kier molecular flexibility index (Phi) is 9.95. The van der Waals surface area contributed by atoms with E-state index in [0.29, 0.717) is 42.3 Å². The Hall–Kier alpha value is -2.16. The van der Waals surface area contributed by atoms with Gasteiger partial charge in [0.1, 0.15) is 16.1 Å². The summed E-state index contributed by atoms with van der Waals surface area (Å²) in [5.41, 5.74) is 1.74. The lowest BCUT2D eigenvalue weighted by Gasteiger charge is -2.30. The number of esters is 1.